The van der Waals surface area contributed by atoms with Crippen LogP contribution in [0.4, 0.5) is 5.69 Å². The van der Waals surface area contributed by atoms with Gasteiger partial charge >= 0.3 is 0 Å². The van der Waals surface area contributed by atoms with Crippen LogP contribution in [0.25, 0.3) is 21.9 Å². The van der Waals surface area contributed by atoms with E-state index in [-0.39, 0.29) is 11.5 Å². The second kappa shape index (κ2) is 5.04. The van der Waals surface area contributed by atoms with Gasteiger partial charge in [-0.15, -0.1) is 0 Å². The third-order valence-electron chi connectivity index (χ3n) is 4.43. The molecule has 0 saturated carbocycles. The van der Waals surface area contributed by atoms with E-state index in [4.69, 9.17) is 22.1 Å². The zero-order valence-corrected chi connectivity index (χ0v) is 12.7. The van der Waals surface area contributed by atoms with Gasteiger partial charge in [-0.3, -0.25) is 4.79 Å². The van der Waals surface area contributed by atoms with Gasteiger partial charge in [0.1, 0.15) is 5.69 Å². The molecule has 0 amide bonds. The minimum atomic E-state index is -0.241. The van der Waals surface area contributed by atoms with Crippen molar-refractivity contribution in [2.24, 2.45) is 0 Å². The van der Waals surface area contributed by atoms with Gasteiger partial charge in [-0.25, -0.2) is 0 Å². The number of nitrogen functional groups attached to an aromatic ring is 1. The van der Waals surface area contributed by atoms with Crippen molar-refractivity contribution in [2.75, 3.05) is 18.9 Å². The summed E-state index contributed by atoms with van der Waals surface area (Å²) in [7, 11) is 0. The molecule has 1 fully saturated rings. The van der Waals surface area contributed by atoms with Crippen LogP contribution in [-0.4, -0.2) is 23.2 Å². The van der Waals surface area contributed by atoms with Crippen molar-refractivity contribution in [3.63, 3.8) is 0 Å². The summed E-state index contributed by atoms with van der Waals surface area (Å²) in [5, 5.41) is 1.55. The molecule has 3 heterocycles. The normalized spacial score (nSPS) is 16.6. The van der Waals surface area contributed by atoms with E-state index in [1.165, 1.54) is 0 Å². The molecular formula is C16H16ClN3O2. The van der Waals surface area contributed by atoms with E-state index in [1.54, 1.807) is 0 Å². The van der Waals surface area contributed by atoms with Crippen LogP contribution in [0.5, 0.6) is 0 Å². The summed E-state index contributed by atoms with van der Waals surface area (Å²) in [6, 6.07) is 5.60. The smallest absolute Gasteiger partial charge is 0.271 e. The fourth-order valence-electron chi connectivity index (χ4n) is 3.34. The summed E-state index contributed by atoms with van der Waals surface area (Å²) >= 11 is 6.09. The largest absolute Gasteiger partial charge is 0.394 e. The zero-order valence-electron chi connectivity index (χ0n) is 11.9. The number of halogens is 1. The van der Waals surface area contributed by atoms with Gasteiger partial charge in [-0.2, -0.15) is 0 Å². The maximum absolute atomic E-state index is 12.3. The summed E-state index contributed by atoms with van der Waals surface area (Å²) in [6.07, 6.45) is 1.75. The maximum Gasteiger partial charge on any atom is 0.271 e. The molecule has 1 aliphatic heterocycles. The number of nitrogens with two attached hydrogens (primary N) is 1. The van der Waals surface area contributed by atoms with Crippen molar-refractivity contribution in [1.82, 2.24) is 9.97 Å². The number of rotatable bonds is 1. The van der Waals surface area contributed by atoms with Crippen molar-refractivity contribution < 1.29 is 4.74 Å². The number of benzene rings is 1. The van der Waals surface area contributed by atoms with E-state index < -0.39 is 0 Å². The molecule has 6 heteroatoms. The first-order chi connectivity index (χ1) is 10.6. The van der Waals surface area contributed by atoms with Gasteiger partial charge in [0, 0.05) is 34.7 Å². The van der Waals surface area contributed by atoms with Gasteiger partial charge in [-0.05, 0) is 37.0 Å². The van der Waals surface area contributed by atoms with Gasteiger partial charge in [-0.1, -0.05) is 11.6 Å². The van der Waals surface area contributed by atoms with Gasteiger partial charge in [0.15, 0.2) is 0 Å². The number of aromatic nitrogens is 2. The molecule has 0 spiro atoms. The number of aromatic amines is 2. The van der Waals surface area contributed by atoms with Crippen LogP contribution < -0.4 is 11.3 Å². The Bertz CT molecular complexity index is 922. The number of pyridine rings is 1. The van der Waals surface area contributed by atoms with Crippen molar-refractivity contribution >= 4 is 39.2 Å². The lowest BCUT2D eigenvalue weighted by Gasteiger charge is -2.23. The molecule has 2 aromatic heterocycles. The van der Waals surface area contributed by atoms with Crippen molar-refractivity contribution in [3.8, 4) is 0 Å². The van der Waals surface area contributed by atoms with E-state index in [0.29, 0.717) is 23.9 Å². The molecule has 4 rings (SSSR count). The van der Waals surface area contributed by atoms with E-state index in [2.05, 4.69) is 9.97 Å². The van der Waals surface area contributed by atoms with Gasteiger partial charge in [0.05, 0.1) is 11.0 Å². The summed E-state index contributed by atoms with van der Waals surface area (Å²) < 4.78 is 5.42. The van der Waals surface area contributed by atoms with Gasteiger partial charge in [0.2, 0.25) is 0 Å². The van der Waals surface area contributed by atoms with E-state index in [1.807, 2.05) is 18.2 Å². The van der Waals surface area contributed by atoms with Crippen LogP contribution >= 0.6 is 11.6 Å². The van der Waals surface area contributed by atoms with Crippen LogP contribution in [0.1, 0.15) is 24.3 Å². The average Bonchev–Trinajstić information content (AvgIpc) is 2.87. The number of H-pyrrole nitrogens is 2. The fraction of sp³-hybridized carbons (Fsp3) is 0.312. The Balaban J connectivity index is 2.07. The number of anilines is 1. The maximum atomic E-state index is 12.3. The highest BCUT2D eigenvalue weighted by Gasteiger charge is 2.24. The van der Waals surface area contributed by atoms with E-state index in [9.17, 15) is 4.79 Å². The van der Waals surface area contributed by atoms with Crippen LogP contribution in [0, 0.1) is 0 Å². The van der Waals surface area contributed by atoms with Crippen LogP contribution in [0.2, 0.25) is 5.02 Å². The Morgan fingerprint density at radius 2 is 1.95 bits per heavy atom. The number of fused-ring (bicyclic) bond motifs is 3. The van der Waals surface area contributed by atoms with Crippen molar-refractivity contribution in [3.05, 3.63) is 39.1 Å². The van der Waals surface area contributed by atoms with Crippen LogP contribution in [0.3, 0.4) is 0 Å². The number of hydrogen-bond donors (Lipinski definition) is 3. The monoisotopic (exact) mass is 317 g/mol. The lowest BCUT2D eigenvalue weighted by molar-refractivity contribution is 0.0857. The zero-order chi connectivity index (χ0) is 15.3. The standard InChI is InChI=1S/C16H16ClN3O2/c17-9-1-2-11-10(7-9)14-15(19-11)12(13(18)16(21)20-14)8-3-5-22-6-4-8/h1-2,7-8,19H,3-6,18H2,(H,20,21). The second-order valence-corrected chi connectivity index (χ2v) is 6.17. The van der Waals surface area contributed by atoms with Crippen molar-refractivity contribution in [1.29, 1.82) is 0 Å². The van der Waals surface area contributed by atoms with Crippen molar-refractivity contribution in [2.45, 2.75) is 18.8 Å². The molecule has 3 aromatic rings. The van der Waals surface area contributed by atoms with Crippen LogP contribution in [-0.2, 0) is 4.74 Å². The predicted octanol–water partition coefficient (Wildman–Crippen LogP) is 3.14. The minimum absolute atomic E-state index is 0.238. The second-order valence-electron chi connectivity index (χ2n) is 5.73. The summed E-state index contributed by atoms with van der Waals surface area (Å²) in [4.78, 5) is 18.5. The number of hydrogen-bond acceptors (Lipinski definition) is 3. The fourth-order valence-corrected chi connectivity index (χ4v) is 3.52. The Morgan fingerprint density at radius 1 is 1.18 bits per heavy atom. The third-order valence-corrected chi connectivity index (χ3v) is 4.67. The lowest BCUT2D eigenvalue weighted by atomic mass is 9.90. The lowest BCUT2D eigenvalue weighted by Crippen LogP contribution is -2.21. The Hall–Kier alpha value is -1.98. The molecule has 0 radical (unpaired) electrons. The Kier molecular flexibility index (Phi) is 3.13. The highest BCUT2D eigenvalue weighted by molar-refractivity contribution is 6.31. The highest BCUT2D eigenvalue weighted by Crippen LogP contribution is 2.36. The summed E-state index contributed by atoms with van der Waals surface area (Å²) in [6.45, 7) is 1.40. The topological polar surface area (TPSA) is 83.9 Å². The minimum Gasteiger partial charge on any atom is -0.394 e. The molecule has 0 aliphatic carbocycles. The molecule has 114 valence electrons. The van der Waals surface area contributed by atoms with Gasteiger partial charge < -0.3 is 20.4 Å². The third kappa shape index (κ3) is 2.01. The van der Waals surface area contributed by atoms with E-state index in [0.717, 1.165) is 40.3 Å². The summed E-state index contributed by atoms with van der Waals surface area (Å²) in [5.41, 5.74) is 9.69. The molecule has 0 atom stereocenters. The molecule has 22 heavy (non-hydrogen) atoms. The molecule has 1 aliphatic rings. The number of ether oxygens (including phenoxy) is 1. The molecule has 0 unspecified atom stereocenters. The SMILES string of the molecule is Nc1c(C2CCOCC2)c2[nH]c3ccc(Cl)cc3c2[nH]c1=O. The number of nitrogens with one attached hydrogen (secondary N) is 2. The summed E-state index contributed by atoms with van der Waals surface area (Å²) in [5.74, 6) is 0.238. The molecule has 5 nitrogen and oxygen atoms in total. The first-order valence-electron chi connectivity index (χ1n) is 7.35. The van der Waals surface area contributed by atoms with Crippen LogP contribution in [0.15, 0.2) is 23.0 Å². The Labute approximate surface area is 131 Å². The molecule has 1 aromatic carbocycles. The first kappa shape index (κ1) is 13.7. The average molecular weight is 318 g/mol. The van der Waals surface area contributed by atoms with E-state index >= 15 is 0 Å². The highest BCUT2D eigenvalue weighted by atomic mass is 35.5. The predicted molar refractivity (Wildman–Crippen MR) is 88.6 cm³/mol. The molecule has 4 N–H and O–H groups in total. The molecular weight excluding hydrogens is 302 g/mol. The quantitative estimate of drug-likeness (QED) is 0.644. The molecule has 0 bridgehead atoms. The van der Waals surface area contributed by atoms with Gasteiger partial charge in [0.25, 0.3) is 5.56 Å². The first-order valence-corrected chi connectivity index (χ1v) is 7.73. The molecule has 1 saturated heterocycles. The Morgan fingerprint density at radius 3 is 2.73 bits per heavy atom.